The number of likely N-dealkylation sites (N-methyl/N-ethyl adjacent to an activating group) is 1. The number of hydrogen-bond acceptors (Lipinski definition) is 2. The zero-order valence-electron chi connectivity index (χ0n) is 13.1. The highest BCUT2D eigenvalue weighted by Crippen LogP contribution is 2.25. The van der Waals surface area contributed by atoms with E-state index in [1.165, 1.54) is 11.1 Å². The number of amides is 1. The molecule has 0 atom stereocenters. The van der Waals surface area contributed by atoms with E-state index in [1.54, 1.807) is 12.2 Å². The molecule has 23 heavy (non-hydrogen) atoms. The quantitative estimate of drug-likeness (QED) is 0.865. The van der Waals surface area contributed by atoms with E-state index in [4.69, 9.17) is 11.6 Å². The highest BCUT2D eigenvalue weighted by molar-refractivity contribution is 6.30. The molecule has 4 heteroatoms. The summed E-state index contributed by atoms with van der Waals surface area (Å²) in [7, 11) is 2.11. The predicted octanol–water partition coefficient (Wildman–Crippen LogP) is 3.98. The molecule has 3 rings (SSSR count). The van der Waals surface area contributed by atoms with Crippen molar-refractivity contribution in [2.45, 2.75) is 13.0 Å². The lowest BCUT2D eigenvalue weighted by Gasteiger charge is -2.26. The van der Waals surface area contributed by atoms with E-state index in [0.717, 1.165) is 30.8 Å². The lowest BCUT2D eigenvalue weighted by atomic mass is 9.98. The summed E-state index contributed by atoms with van der Waals surface area (Å²) in [6, 6.07) is 13.5. The van der Waals surface area contributed by atoms with E-state index < -0.39 is 0 Å². The van der Waals surface area contributed by atoms with Crippen LogP contribution in [0.2, 0.25) is 5.02 Å². The topological polar surface area (TPSA) is 32.3 Å². The first-order chi connectivity index (χ1) is 11.1. The van der Waals surface area contributed by atoms with E-state index in [2.05, 4.69) is 23.3 Å². The normalized spacial score (nSPS) is 14.7. The second kappa shape index (κ2) is 6.99. The highest BCUT2D eigenvalue weighted by Gasteiger charge is 2.16. The van der Waals surface area contributed by atoms with Crippen LogP contribution in [0.25, 0.3) is 6.08 Å². The lowest BCUT2D eigenvalue weighted by molar-refractivity contribution is -0.111. The van der Waals surface area contributed by atoms with Crippen molar-refractivity contribution in [1.82, 2.24) is 4.90 Å². The van der Waals surface area contributed by atoms with Crippen LogP contribution in [-0.4, -0.2) is 24.4 Å². The Hall–Kier alpha value is -2.10. The van der Waals surface area contributed by atoms with Gasteiger partial charge in [-0.25, -0.2) is 0 Å². The molecule has 0 saturated heterocycles. The number of nitrogens with one attached hydrogen (secondary N) is 1. The highest BCUT2D eigenvalue weighted by atomic mass is 35.5. The minimum Gasteiger partial charge on any atom is -0.322 e. The maximum Gasteiger partial charge on any atom is 0.248 e. The van der Waals surface area contributed by atoms with Crippen molar-refractivity contribution in [3.8, 4) is 0 Å². The Kier molecular flexibility index (Phi) is 4.79. The molecular formula is C19H19ClN2O. The Morgan fingerprint density at radius 1 is 1.22 bits per heavy atom. The summed E-state index contributed by atoms with van der Waals surface area (Å²) in [5.74, 6) is -0.118. The minimum atomic E-state index is -0.118. The van der Waals surface area contributed by atoms with E-state index in [9.17, 15) is 4.79 Å². The fourth-order valence-corrected chi connectivity index (χ4v) is 2.91. The van der Waals surface area contributed by atoms with Crippen LogP contribution in [-0.2, 0) is 17.8 Å². The lowest BCUT2D eigenvalue weighted by Crippen LogP contribution is -2.27. The third kappa shape index (κ3) is 4.01. The van der Waals surface area contributed by atoms with Gasteiger partial charge in [-0.3, -0.25) is 4.79 Å². The van der Waals surface area contributed by atoms with Crippen molar-refractivity contribution in [2.75, 3.05) is 18.9 Å². The van der Waals surface area contributed by atoms with Gasteiger partial charge in [0.25, 0.3) is 0 Å². The molecule has 0 spiro atoms. The molecule has 0 bridgehead atoms. The molecule has 0 fully saturated rings. The number of rotatable bonds is 3. The van der Waals surface area contributed by atoms with Gasteiger partial charge in [-0.05, 0) is 54.4 Å². The molecule has 0 radical (unpaired) electrons. The van der Waals surface area contributed by atoms with E-state index in [-0.39, 0.29) is 5.91 Å². The summed E-state index contributed by atoms with van der Waals surface area (Å²) in [5.41, 5.74) is 4.40. The molecule has 2 aromatic rings. The standard InChI is InChI=1S/C19H19ClN2O/c1-22-12-11-17-15(13-22)3-2-4-18(17)21-19(23)10-7-14-5-8-16(20)9-6-14/h2-10H,11-13H2,1H3,(H,21,23). The van der Waals surface area contributed by atoms with Crippen LogP contribution < -0.4 is 5.32 Å². The minimum absolute atomic E-state index is 0.118. The van der Waals surface area contributed by atoms with Crippen molar-refractivity contribution in [1.29, 1.82) is 0 Å². The van der Waals surface area contributed by atoms with Gasteiger partial charge in [0.05, 0.1) is 0 Å². The van der Waals surface area contributed by atoms with Crippen molar-refractivity contribution < 1.29 is 4.79 Å². The molecule has 0 aliphatic carbocycles. The zero-order chi connectivity index (χ0) is 16.2. The summed E-state index contributed by atoms with van der Waals surface area (Å²) in [6.45, 7) is 1.94. The van der Waals surface area contributed by atoms with Gasteiger partial charge in [0.15, 0.2) is 0 Å². The Balaban J connectivity index is 1.71. The van der Waals surface area contributed by atoms with Crippen molar-refractivity contribution >= 4 is 29.3 Å². The average molecular weight is 327 g/mol. The first kappa shape index (κ1) is 15.8. The van der Waals surface area contributed by atoms with Gasteiger partial charge in [-0.1, -0.05) is 35.9 Å². The Labute approximate surface area is 141 Å². The summed E-state index contributed by atoms with van der Waals surface area (Å²) in [5, 5.41) is 3.68. The number of carbonyl (C=O) groups excluding carboxylic acids is 1. The van der Waals surface area contributed by atoms with Crippen molar-refractivity contribution in [2.24, 2.45) is 0 Å². The van der Waals surface area contributed by atoms with Gasteiger partial charge in [-0.2, -0.15) is 0 Å². The maximum absolute atomic E-state index is 12.2. The molecular weight excluding hydrogens is 308 g/mol. The van der Waals surface area contributed by atoms with Gasteiger partial charge < -0.3 is 10.2 Å². The Morgan fingerprint density at radius 3 is 2.78 bits per heavy atom. The molecule has 1 heterocycles. The SMILES string of the molecule is CN1CCc2c(cccc2NC(=O)C=Cc2ccc(Cl)cc2)C1. The van der Waals surface area contributed by atoms with Crippen LogP contribution in [0.15, 0.2) is 48.5 Å². The zero-order valence-corrected chi connectivity index (χ0v) is 13.8. The average Bonchev–Trinajstić information content (AvgIpc) is 2.54. The molecule has 118 valence electrons. The first-order valence-electron chi connectivity index (χ1n) is 7.66. The van der Waals surface area contributed by atoms with Crippen LogP contribution in [0.4, 0.5) is 5.69 Å². The van der Waals surface area contributed by atoms with Crippen molar-refractivity contribution in [3.63, 3.8) is 0 Å². The van der Waals surface area contributed by atoms with E-state index in [0.29, 0.717) is 5.02 Å². The number of carbonyl (C=O) groups is 1. The Bertz CT molecular complexity index is 738. The summed E-state index contributed by atoms with van der Waals surface area (Å²) >= 11 is 5.85. The fourth-order valence-electron chi connectivity index (χ4n) is 2.79. The van der Waals surface area contributed by atoms with E-state index >= 15 is 0 Å². The molecule has 0 unspecified atom stereocenters. The summed E-state index contributed by atoms with van der Waals surface area (Å²) in [6.07, 6.45) is 4.30. The van der Waals surface area contributed by atoms with Gasteiger partial charge in [0, 0.05) is 29.9 Å². The Morgan fingerprint density at radius 2 is 2.00 bits per heavy atom. The number of fused-ring (bicyclic) bond motifs is 1. The van der Waals surface area contributed by atoms with Gasteiger partial charge in [-0.15, -0.1) is 0 Å². The summed E-state index contributed by atoms with van der Waals surface area (Å²) in [4.78, 5) is 14.5. The maximum atomic E-state index is 12.2. The molecule has 0 saturated carbocycles. The molecule has 2 aromatic carbocycles. The number of nitrogens with zero attached hydrogens (tertiary/aromatic N) is 1. The van der Waals surface area contributed by atoms with Gasteiger partial charge in [0.1, 0.15) is 0 Å². The monoisotopic (exact) mass is 326 g/mol. The number of halogens is 1. The molecule has 1 aliphatic heterocycles. The van der Waals surface area contributed by atoms with E-state index in [1.807, 2.05) is 36.4 Å². The summed E-state index contributed by atoms with van der Waals surface area (Å²) < 4.78 is 0. The number of benzene rings is 2. The molecule has 1 amide bonds. The molecule has 1 aliphatic rings. The second-order valence-corrected chi connectivity index (χ2v) is 6.24. The van der Waals surface area contributed by atoms with Gasteiger partial charge >= 0.3 is 0 Å². The fraction of sp³-hybridized carbons (Fsp3) is 0.211. The third-order valence-electron chi connectivity index (χ3n) is 4.01. The third-order valence-corrected chi connectivity index (χ3v) is 4.26. The second-order valence-electron chi connectivity index (χ2n) is 5.81. The largest absolute Gasteiger partial charge is 0.322 e. The predicted molar refractivity (Wildman–Crippen MR) is 95.6 cm³/mol. The van der Waals surface area contributed by atoms with Crippen LogP contribution >= 0.6 is 11.6 Å². The van der Waals surface area contributed by atoms with Crippen LogP contribution in [0.1, 0.15) is 16.7 Å². The number of anilines is 1. The first-order valence-corrected chi connectivity index (χ1v) is 8.03. The smallest absolute Gasteiger partial charge is 0.248 e. The molecule has 1 N–H and O–H groups in total. The van der Waals surface area contributed by atoms with Crippen LogP contribution in [0.3, 0.4) is 0 Å². The number of hydrogen-bond donors (Lipinski definition) is 1. The molecule has 3 nitrogen and oxygen atoms in total. The molecule has 0 aromatic heterocycles. The van der Waals surface area contributed by atoms with Crippen molar-refractivity contribution in [3.05, 3.63) is 70.3 Å². The van der Waals surface area contributed by atoms with Crippen LogP contribution in [0.5, 0.6) is 0 Å². The van der Waals surface area contributed by atoms with Crippen LogP contribution in [0, 0.1) is 0 Å². The van der Waals surface area contributed by atoms with Gasteiger partial charge in [0.2, 0.25) is 5.91 Å².